The summed E-state index contributed by atoms with van der Waals surface area (Å²) in [6.07, 6.45) is 1.67. The fourth-order valence-corrected chi connectivity index (χ4v) is 4.76. The van der Waals surface area contributed by atoms with Crippen LogP contribution in [0.15, 0.2) is 23.1 Å². The van der Waals surface area contributed by atoms with E-state index in [1.165, 1.54) is 22.5 Å². The first-order valence-corrected chi connectivity index (χ1v) is 8.37. The SMILES string of the molecule is CC1CCCN(S(=O)(=O)c2cccc(Cl)c2F)C1CN.Cl. The number of benzene rings is 1. The van der Waals surface area contributed by atoms with Gasteiger partial charge < -0.3 is 5.73 Å². The van der Waals surface area contributed by atoms with E-state index in [1.807, 2.05) is 6.92 Å². The van der Waals surface area contributed by atoms with Gasteiger partial charge in [0, 0.05) is 19.1 Å². The van der Waals surface area contributed by atoms with Crippen molar-refractivity contribution in [1.29, 1.82) is 0 Å². The summed E-state index contributed by atoms with van der Waals surface area (Å²) in [6, 6.07) is 3.70. The lowest BCUT2D eigenvalue weighted by molar-refractivity contribution is 0.192. The molecule has 1 aromatic carbocycles. The third-order valence-electron chi connectivity index (χ3n) is 3.81. The molecule has 0 amide bonds. The van der Waals surface area contributed by atoms with Crippen molar-refractivity contribution in [2.24, 2.45) is 11.7 Å². The second-order valence-electron chi connectivity index (χ2n) is 5.09. The van der Waals surface area contributed by atoms with E-state index in [4.69, 9.17) is 17.3 Å². The highest BCUT2D eigenvalue weighted by atomic mass is 35.5. The molecule has 120 valence electrons. The predicted molar refractivity (Wildman–Crippen MR) is 83.8 cm³/mol. The maximum absolute atomic E-state index is 14.0. The lowest BCUT2D eigenvalue weighted by Crippen LogP contribution is -2.51. The van der Waals surface area contributed by atoms with Crippen LogP contribution in [-0.4, -0.2) is 31.9 Å². The van der Waals surface area contributed by atoms with E-state index in [9.17, 15) is 12.8 Å². The molecule has 0 spiro atoms. The van der Waals surface area contributed by atoms with E-state index in [0.717, 1.165) is 12.8 Å². The van der Waals surface area contributed by atoms with Gasteiger partial charge in [0.05, 0.1) is 5.02 Å². The third-order valence-corrected chi connectivity index (χ3v) is 6.04. The van der Waals surface area contributed by atoms with Crippen LogP contribution in [0.4, 0.5) is 4.39 Å². The molecule has 4 nitrogen and oxygen atoms in total. The zero-order valence-electron chi connectivity index (χ0n) is 11.6. The molecule has 1 aliphatic rings. The van der Waals surface area contributed by atoms with E-state index in [-0.39, 0.29) is 40.8 Å². The Hall–Kier alpha value is -0.400. The van der Waals surface area contributed by atoms with Gasteiger partial charge in [-0.25, -0.2) is 12.8 Å². The van der Waals surface area contributed by atoms with E-state index in [1.54, 1.807) is 0 Å². The standard InChI is InChI=1S/C13H18ClFN2O2S.ClH/c1-9-4-3-7-17(11(9)8-16)20(18,19)12-6-2-5-10(14)13(12)15;/h2,5-6,9,11H,3-4,7-8,16H2,1H3;1H. The lowest BCUT2D eigenvalue weighted by atomic mass is 9.93. The van der Waals surface area contributed by atoms with Crippen LogP contribution in [0, 0.1) is 11.7 Å². The van der Waals surface area contributed by atoms with Gasteiger partial charge in [-0.2, -0.15) is 4.31 Å². The van der Waals surface area contributed by atoms with E-state index < -0.39 is 15.8 Å². The van der Waals surface area contributed by atoms with Crippen LogP contribution in [0.3, 0.4) is 0 Å². The number of sulfonamides is 1. The van der Waals surface area contributed by atoms with Crippen molar-refractivity contribution in [3.8, 4) is 0 Å². The molecule has 0 bridgehead atoms. The van der Waals surface area contributed by atoms with Crippen LogP contribution < -0.4 is 5.73 Å². The maximum Gasteiger partial charge on any atom is 0.246 e. The van der Waals surface area contributed by atoms with Crippen LogP contribution in [-0.2, 0) is 10.0 Å². The van der Waals surface area contributed by atoms with Gasteiger partial charge in [0.25, 0.3) is 0 Å². The first-order valence-electron chi connectivity index (χ1n) is 6.55. The molecule has 0 radical (unpaired) electrons. The summed E-state index contributed by atoms with van der Waals surface area (Å²) in [6.45, 7) is 2.55. The van der Waals surface area contributed by atoms with Crippen molar-refractivity contribution < 1.29 is 12.8 Å². The molecule has 21 heavy (non-hydrogen) atoms. The van der Waals surface area contributed by atoms with Gasteiger partial charge in [-0.05, 0) is 30.9 Å². The Morgan fingerprint density at radius 3 is 2.76 bits per heavy atom. The normalized spacial score (nSPS) is 23.6. The first kappa shape index (κ1) is 18.6. The van der Waals surface area contributed by atoms with Crippen molar-refractivity contribution in [2.75, 3.05) is 13.1 Å². The zero-order valence-corrected chi connectivity index (χ0v) is 14.0. The van der Waals surface area contributed by atoms with Crippen LogP contribution in [0.1, 0.15) is 19.8 Å². The van der Waals surface area contributed by atoms with Crippen LogP contribution in [0.25, 0.3) is 0 Å². The van der Waals surface area contributed by atoms with Gasteiger partial charge in [-0.1, -0.05) is 24.6 Å². The van der Waals surface area contributed by atoms with Gasteiger partial charge in [-0.15, -0.1) is 12.4 Å². The Bertz CT molecular complexity index is 598. The topological polar surface area (TPSA) is 63.4 Å². The summed E-state index contributed by atoms with van der Waals surface area (Å²) in [7, 11) is -3.92. The van der Waals surface area contributed by atoms with Crippen LogP contribution >= 0.6 is 24.0 Å². The molecule has 0 aromatic heterocycles. The molecular formula is C13H19Cl2FN2O2S. The molecule has 0 aliphatic carbocycles. The van der Waals surface area contributed by atoms with Crippen LogP contribution in [0.5, 0.6) is 0 Å². The second kappa shape index (κ2) is 7.24. The minimum absolute atomic E-state index is 0. The van der Waals surface area contributed by atoms with Gasteiger partial charge in [-0.3, -0.25) is 0 Å². The Morgan fingerprint density at radius 2 is 2.14 bits per heavy atom. The largest absolute Gasteiger partial charge is 0.329 e. The summed E-state index contributed by atoms with van der Waals surface area (Å²) >= 11 is 5.68. The molecule has 0 saturated carbocycles. The molecule has 1 aromatic rings. The lowest BCUT2D eigenvalue weighted by Gasteiger charge is -2.38. The van der Waals surface area contributed by atoms with Crippen molar-refractivity contribution >= 4 is 34.0 Å². The van der Waals surface area contributed by atoms with Crippen molar-refractivity contribution in [1.82, 2.24) is 4.31 Å². The van der Waals surface area contributed by atoms with Crippen molar-refractivity contribution in [2.45, 2.75) is 30.7 Å². The molecule has 1 heterocycles. The fourth-order valence-electron chi connectivity index (χ4n) is 2.67. The summed E-state index contributed by atoms with van der Waals surface area (Å²) in [5, 5.41) is -0.194. The maximum atomic E-state index is 14.0. The molecule has 8 heteroatoms. The summed E-state index contributed by atoms with van der Waals surface area (Å²) in [5.41, 5.74) is 5.70. The zero-order chi connectivity index (χ0) is 14.9. The molecule has 2 N–H and O–H groups in total. The highest BCUT2D eigenvalue weighted by Gasteiger charge is 2.37. The average Bonchev–Trinajstić information content (AvgIpc) is 2.41. The molecule has 2 unspecified atom stereocenters. The van der Waals surface area contributed by atoms with Gasteiger partial charge in [0.2, 0.25) is 10.0 Å². The first-order chi connectivity index (χ1) is 9.39. The molecule has 2 rings (SSSR count). The molecule has 1 saturated heterocycles. The van der Waals surface area contributed by atoms with E-state index in [0.29, 0.717) is 6.54 Å². The summed E-state index contributed by atoms with van der Waals surface area (Å²) < 4.78 is 40.6. The van der Waals surface area contributed by atoms with E-state index >= 15 is 0 Å². The monoisotopic (exact) mass is 356 g/mol. The summed E-state index contributed by atoms with van der Waals surface area (Å²) in [5.74, 6) is -0.742. The number of nitrogens with two attached hydrogens (primary N) is 1. The quantitative estimate of drug-likeness (QED) is 0.905. The number of halogens is 3. The second-order valence-corrected chi connectivity index (χ2v) is 7.36. The molecule has 1 fully saturated rings. The van der Waals surface area contributed by atoms with Crippen molar-refractivity contribution in [3.05, 3.63) is 29.0 Å². The van der Waals surface area contributed by atoms with Gasteiger partial charge >= 0.3 is 0 Å². The number of hydrogen-bond donors (Lipinski definition) is 1. The number of nitrogens with zero attached hydrogens (tertiary/aromatic N) is 1. The summed E-state index contributed by atoms with van der Waals surface area (Å²) in [4.78, 5) is -0.377. The predicted octanol–water partition coefficient (Wildman–Crippen LogP) is 2.65. The minimum Gasteiger partial charge on any atom is -0.329 e. The minimum atomic E-state index is -3.92. The average molecular weight is 357 g/mol. The highest BCUT2D eigenvalue weighted by Crippen LogP contribution is 2.31. The Morgan fingerprint density at radius 1 is 1.48 bits per heavy atom. The van der Waals surface area contributed by atoms with Crippen molar-refractivity contribution in [3.63, 3.8) is 0 Å². The Kier molecular flexibility index (Phi) is 6.43. The number of rotatable bonds is 3. The number of piperidine rings is 1. The molecule has 2 atom stereocenters. The van der Waals surface area contributed by atoms with Gasteiger partial charge in [0.15, 0.2) is 5.82 Å². The van der Waals surface area contributed by atoms with E-state index in [2.05, 4.69) is 0 Å². The Balaban J connectivity index is 0.00000220. The highest BCUT2D eigenvalue weighted by molar-refractivity contribution is 7.89. The molecular weight excluding hydrogens is 338 g/mol. The van der Waals surface area contributed by atoms with Crippen LogP contribution in [0.2, 0.25) is 5.02 Å². The van der Waals surface area contributed by atoms with Gasteiger partial charge in [0.1, 0.15) is 4.90 Å². The Labute approximate surface area is 135 Å². The smallest absolute Gasteiger partial charge is 0.246 e. The fraction of sp³-hybridized carbons (Fsp3) is 0.538. The molecule has 1 aliphatic heterocycles. The number of hydrogen-bond acceptors (Lipinski definition) is 3. The third kappa shape index (κ3) is 3.51.